The number of pyridine rings is 1. The van der Waals surface area contributed by atoms with E-state index in [0.29, 0.717) is 0 Å². The van der Waals surface area contributed by atoms with E-state index in [1.54, 1.807) is 17.0 Å². The zero-order valence-corrected chi connectivity index (χ0v) is 17.5. The summed E-state index contributed by atoms with van der Waals surface area (Å²) in [6.07, 6.45) is -4.53. The van der Waals surface area contributed by atoms with Crippen LogP contribution in [0.25, 0.3) is 0 Å². The summed E-state index contributed by atoms with van der Waals surface area (Å²) in [7, 11) is -3.65. The van der Waals surface area contributed by atoms with Gasteiger partial charge in [-0.25, -0.2) is 13.4 Å². The van der Waals surface area contributed by atoms with Crippen molar-refractivity contribution in [2.24, 2.45) is 0 Å². The molecule has 0 radical (unpaired) electrons. The van der Waals surface area contributed by atoms with E-state index in [4.69, 9.17) is 11.6 Å². The van der Waals surface area contributed by atoms with E-state index in [2.05, 4.69) is 27.6 Å². The van der Waals surface area contributed by atoms with Crippen LogP contribution in [-0.2, 0) is 16.2 Å². The van der Waals surface area contributed by atoms with Crippen LogP contribution in [-0.4, -0.2) is 43.9 Å². The molecule has 0 bridgehead atoms. The van der Waals surface area contributed by atoms with Gasteiger partial charge in [0, 0.05) is 29.7 Å². The number of rotatable bonds is 3. The summed E-state index contributed by atoms with van der Waals surface area (Å²) in [5.74, 6) is 0.0844. The summed E-state index contributed by atoms with van der Waals surface area (Å²) in [4.78, 5) is 5.74. The minimum atomic E-state index is -4.53. The molecule has 0 amide bonds. The summed E-state index contributed by atoms with van der Waals surface area (Å²) in [5.41, 5.74) is -0.883. The Balaban J connectivity index is 1.76. The Bertz CT molecular complexity index is 931. The van der Waals surface area contributed by atoms with Crippen molar-refractivity contribution in [1.82, 2.24) is 9.29 Å². The molecule has 1 saturated heterocycles. The molecule has 27 heavy (non-hydrogen) atoms. The van der Waals surface area contributed by atoms with Gasteiger partial charge in [-0.2, -0.15) is 17.5 Å². The zero-order valence-electron chi connectivity index (χ0n) is 13.7. The normalized spacial score (nSPS) is 16.6. The van der Waals surface area contributed by atoms with Gasteiger partial charge in [-0.3, -0.25) is 0 Å². The molecule has 2 aromatic rings. The summed E-state index contributed by atoms with van der Waals surface area (Å²) >= 11 is 7.81. The minimum absolute atomic E-state index is 0.0844. The molecule has 2 heterocycles. The first kappa shape index (κ1) is 20.6. The first-order valence-electron chi connectivity index (χ1n) is 7.83. The monoisotopic (exact) mass is 531 g/mol. The highest BCUT2D eigenvalue weighted by Gasteiger charge is 2.33. The molecule has 0 atom stereocenters. The highest BCUT2D eigenvalue weighted by molar-refractivity contribution is 14.1. The summed E-state index contributed by atoms with van der Waals surface area (Å²) in [5, 5.41) is -0.256. The van der Waals surface area contributed by atoms with Crippen LogP contribution in [0.3, 0.4) is 0 Å². The predicted molar refractivity (Wildman–Crippen MR) is 104 cm³/mol. The molecular weight excluding hydrogens is 518 g/mol. The van der Waals surface area contributed by atoms with E-state index in [9.17, 15) is 21.6 Å². The average molecular weight is 532 g/mol. The molecule has 1 aliphatic rings. The molecule has 3 rings (SSSR count). The van der Waals surface area contributed by atoms with Gasteiger partial charge in [0.1, 0.15) is 11.0 Å². The molecule has 0 spiro atoms. The Morgan fingerprint density at radius 1 is 1.04 bits per heavy atom. The zero-order chi connectivity index (χ0) is 19.8. The second kappa shape index (κ2) is 7.72. The number of anilines is 1. The molecule has 146 valence electrons. The van der Waals surface area contributed by atoms with Gasteiger partial charge >= 0.3 is 6.18 Å². The van der Waals surface area contributed by atoms with Crippen molar-refractivity contribution in [3.63, 3.8) is 0 Å². The van der Waals surface area contributed by atoms with Crippen molar-refractivity contribution in [3.8, 4) is 0 Å². The third kappa shape index (κ3) is 4.66. The molecule has 1 aliphatic heterocycles. The Hall–Kier alpha value is -1.11. The first-order valence-corrected chi connectivity index (χ1v) is 10.7. The fourth-order valence-electron chi connectivity index (χ4n) is 2.72. The van der Waals surface area contributed by atoms with Crippen LogP contribution in [0.4, 0.5) is 19.0 Å². The second-order valence-corrected chi connectivity index (χ2v) is 9.45. The van der Waals surface area contributed by atoms with Crippen molar-refractivity contribution in [2.75, 3.05) is 31.1 Å². The largest absolute Gasteiger partial charge is 0.416 e. The van der Waals surface area contributed by atoms with Crippen LogP contribution >= 0.6 is 34.2 Å². The molecule has 1 aromatic heterocycles. The molecule has 1 fully saturated rings. The lowest BCUT2D eigenvalue weighted by Gasteiger charge is -2.35. The third-order valence-corrected chi connectivity index (χ3v) is 6.95. The minimum Gasteiger partial charge on any atom is -0.354 e. The molecule has 1 aromatic carbocycles. The highest BCUT2D eigenvalue weighted by atomic mass is 127. The number of sulfonamides is 1. The van der Waals surface area contributed by atoms with Crippen molar-refractivity contribution in [1.29, 1.82) is 0 Å². The molecule has 0 N–H and O–H groups in total. The standard InChI is InChI=1S/C16H14ClF3IN3O2S/c17-14-9-11(16(18,19)20)10-15(22-14)23-5-7-24(8-6-23)27(25,26)13-3-1-12(21)2-4-13/h1-4,9-10H,5-8H2. The lowest BCUT2D eigenvalue weighted by molar-refractivity contribution is -0.137. The number of aromatic nitrogens is 1. The van der Waals surface area contributed by atoms with Gasteiger partial charge in [0.25, 0.3) is 0 Å². The first-order chi connectivity index (χ1) is 12.6. The van der Waals surface area contributed by atoms with Gasteiger partial charge in [-0.1, -0.05) is 11.6 Å². The van der Waals surface area contributed by atoms with E-state index in [-0.39, 0.29) is 42.0 Å². The number of hydrogen-bond acceptors (Lipinski definition) is 4. The second-order valence-electron chi connectivity index (χ2n) is 5.88. The van der Waals surface area contributed by atoms with Crippen molar-refractivity contribution in [3.05, 3.63) is 50.7 Å². The van der Waals surface area contributed by atoms with Crippen LogP contribution < -0.4 is 4.90 Å². The van der Waals surface area contributed by atoms with Crippen molar-refractivity contribution >= 4 is 50.0 Å². The van der Waals surface area contributed by atoms with Crippen LogP contribution in [0.15, 0.2) is 41.3 Å². The maximum Gasteiger partial charge on any atom is 0.416 e. The molecule has 0 saturated carbocycles. The Kier molecular flexibility index (Phi) is 5.90. The van der Waals surface area contributed by atoms with Crippen LogP contribution in [0.2, 0.25) is 5.15 Å². The van der Waals surface area contributed by atoms with Crippen molar-refractivity contribution in [2.45, 2.75) is 11.1 Å². The molecule has 0 aliphatic carbocycles. The quantitative estimate of drug-likeness (QED) is 0.446. The average Bonchev–Trinajstić information content (AvgIpc) is 2.61. The van der Waals surface area contributed by atoms with Gasteiger partial charge in [0.05, 0.1) is 10.5 Å². The molecule has 0 unspecified atom stereocenters. The molecule has 5 nitrogen and oxygen atoms in total. The fourth-order valence-corrected chi connectivity index (χ4v) is 4.71. The highest BCUT2D eigenvalue weighted by Crippen LogP contribution is 2.33. The van der Waals surface area contributed by atoms with E-state index < -0.39 is 21.8 Å². The van der Waals surface area contributed by atoms with E-state index in [1.165, 1.54) is 16.4 Å². The number of alkyl halides is 3. The smallest absolute Gasteiger partial charge is 0.354 e. The van der Waals surface area contributed by atoms with E-state index in [0.717, 1.165) is 15.7 Å². The predicted octanol–water partition coefficient (Wildman–Crippen LogP) is 3.87. The maximum atomic E-state index is 13.0. The third-order valence-electron chi connectivity index (χ3n) is 4.12. The van der Waals surface area contributed by atoms with E-state index >= 15 is 0 Å². The maximum absolute atomic E-state index is 13.0. The SMILES string of the molecule is O=S(=O)(c1ccc(I)cc1)N1CCN(c2cc(C(F)(F)F)cc(Cl)n2)CC1. The van der Waals surface area contributed by atoms with Gasteiger partial charge in [-0.15, -0.1) is 0 Å². The molecule has 11 heteroatoms. The van der Waals surface area contributed by atoms with Gasteiger partial charge < -0.3 is 4.90 Å². The van der Waals surface area contributed by atoms with Gasteiger partial charge in [-0.05, 0) is 59.0 Å². The van der Waals surface area contributed by atoms with E-state index in [1.807, 2.05) is 0 Å². The topological polar surface area (TPSA) is 53.5 Å². The van der Waals surface area contributed by atoms with Gasteiger partial charge in [0.15, 0.2) is 0 Å². The van der Waals surface area contributed by atoms with Crippen LogP contribution in [0.5, 0.6) is 0 Å². The number of halogens is 5. The summed E-state index contributed by atoms with van der Waals surface area (Å²) < 4.78 is 66.5. The number of benzene rings is 1. The van der Waals surface area contributed by atoms with Crippen molar-refractivity contribution < 1.29 is 21.6 Å². The lowest BCUT2D eigenvalue weighted by atomic mass is 10.2. The van der Waals surface area contributed by atoms with Crippen LogP contribution in [0.1, 0.15) is 5.56 Å². The number of hydrogen-bond donors (Lipinski definition) is 0. The summed E-state index contributed by atoms with van der Waals surface area (Å²) in [6.45, 7) is 0.718. The molecular formula is C16H14ClF3IN3O2S. The number of nitrogens with zero attached hydrogens (tertiary/aromatic N) is 3. The summed E-state index contributed by atoms with van der Waals surface area (Å²) in [6, 6.07) is 8.18. The lowest BCUT2D eigenvalue weighted by Crippen LogP contribution is -2.49. The van der Waals surface area contributed by atoms with Crippen LogP contribution in [0, 0.1) is 3.57 Å². The Morgan fingerprint density at radius 3 is 2.19 bits per heavy atom. The van der Waals surface area contributed by atoms with Gasteiger partial charge in [0.2, 0.25) is 10.0 Å². The Labute approximate surface area is 173 Å². The number of piperazine rings is 1. The Morgan fingerprint density at radius 2 is 1.63 bits per heavy atom. The fraction of sp³-hybridized carbons (Fsp3) is 0.312.